The van der Waals surface area contributed by atoms with Gasteiger partial charge in [0.25, 0.3) is 0 Å². The SMILES string of the molecule is CCC/C=C\CC1C=c2c3c(n(C4C=CC=C(C5=CCCC=C5)C4)c2=CC1Nc1ccc(C2(C)CC=CCC2)cc1)CCC=CC3. The molecule has 4 atom stereocenters. The molecule has 0 spiro atoms. The predicted molar refractivity (Wildman–Crippen MR) is 197 cm³/mol. The lowest BCUT2D eigenvalue weighted by Crippen LogP contribution is -2.42. The van der Waals surface area contributed by atoms with Crippen LogP contribution in [0.5, 0.6) is 0 Å². The first-order chi connectivity index (χ1) is 22.6. The van der Waals surface area contributed by atoms with Gasteiger partial charge in [0, 0.05) is 22.6 Å². The molecule has 7 rings (SSSR count). The van der Waals surface area contributed by atoms with E-state index in [0.29, 0.717) is 12.0 Å². The second kappa shape index (κ2) is 13.9. The molecule has 1 aromatic heterocycles. The molecule has 238 valence electrons. The Morgan fingerprint density at radius 3 is 2.65 bits per heavy atom. The molecule has 0 amide bonds. The van der Waals surface area contributed by atoms with Gasteiger partial charge in [-0.2, -0.15) is 0 Å². The van der Waals surface area contributed by atoms with Crippen molar-refractivity contribution in [3.63, 3.8) is 0 Å². The number of anilines is 1. The number of nitrogens with one attached hydrogen (secondary N) is 1. The topological polar surface area (TPSA) is 17.0 Å². The van der Waals surface area contributed by atoms with Crippen molar-refractivity contribution in [3.8, 4) is 0 Å². The molecule has 0 fully saturated rings. The summed E-state index contributed by atoms with van der Waals surface area (Å²) in [4.78, 5) is 0. The fourth-order valence-corrected chi connectivity index (χ4v) is 8.31. The van der Waals surface area contributed by atoms with Crippen LogP contribution in [0.15, 0.2) is 108 Å². The van der Waals surface area contributed by atoms with Crippen LogP contribution in [-0.4, -0.2) is 10.6 Å². The Labute approximate surface area is 277 Å². The molecule has 0 aliphatic heterocycles. The van der Waals surface area contributed by atoms with Crippen LogP contribution in [0, 0.1) is 5.92 Å². The molecular formula is C44H52N2. The number of hydrogen-bond acceptors (Lipinski definition) is 1. The van der Waals surface area contributed by atoms with E-state index >= 15 is 0 Å². The fraction of sp³-hybridized carbons (Fsp3) is 0.409. The van der Waals surface area contributed by atoms with Gasteiger partial charge in [-0.25, -0.2) is 0 Å². The third-order valence-electron chi connectivity index (χ3n) is 11.0. The normalized spacial score (nSPS) is 26.9. The van der Waals surface area contributed by atoms with Gasteiger partial charge < -0.3 is 9.88 Å². The van der Waals surface area contributed by atoms with E-state index in [2.05, 4.69) is 133 Å². The van der Waals surface area contributed by atoms with Crippen LogP contribution in [0.3, 0.4) is 0 Å². The minimum atomic E-state index is 0.234. The zero-order valence-corrected chi connectivity index (χ0v) is 28.1. The number of allylic oxidation sites excluding steroid dienone is 14. The first kappa shape index (κ1) is 30.9. The second-order valence-electron chi connectivity index (χ2n) is 14.3. The Morgan fingerprint density at radius 1 is 0.957 bits per heavy atom. The Balaban J connectivity index is 1.26. The van der Waals surface area contributed by atoms with Gasteiger partial charge in [-0.05, 0) is 122 Å². The number of benzene rings is 1. The van der Waals surface area contributed by atoms with Crippen molar-refractivity contribution in [1.82, 2.24) is 4.57 Å². The van der Waals surface area contributed by atoms with Gasteiger partial charge in [-0.15, -0.1) is 0 Å². The van der Waals surface area contributed by atoms with Crippen molar-refractivity contribution in [3.05, 3.63) is 136 Å². The van der Waals surface area contributed by atoms with Crippen LogP contribution >= 0.6 is 0 Å². The van der Waals surface area contributed by atoms with Crippen molar-refractivity contribution in [2.45, 2.75) is 108 Å². The summed E-state index contributed by atoms with van der Waals surface area (Å²) in [5.74, 6) is 0.406. The predicted octanol–water partition coefficient (Wildman–Crippen LogP) is 9.65. The monoisotopic (exact) mass is 608 g/mol. The summed E-state index contributed by atoms with van der Waals surface area (Å²) in [5.41, 5.74) is 8.93. The van der Waals surface area contributed by atoms with Gasteiger partial charge in [0.15, 0.2) is 0 Å². The van der Waals surface area contributed by atoms with Gasteiger partial charge in [0.1, 0.15) is 0 Å². The van der Waals surface area contributed by atoms with Crippen LogP contribution in [0.25, 0.3) is 12.2 Å². The fourth-order valence-electron chi connectivity index (χ4n) is 8.31. The Morgan fingerprint density at radius 2 is 1.85 bits per heavy atom. The highest BCUT2D eigenvalue weighted by Crippen LogP contribution is 2.37. The van der Waals surface area contributed by atoms with E-state index in [9.17, 15) is 0 Å². The van der Waals surface area contributed by atoms with Crippen LogP contribution in [-0.2, 0) is 18.3 Å². The summed E-state index contributed by atoms with van der Waals surface area (Å²) in [6.07, 6.45) is 47.4. The van der Waals surface area contributed by atoms with Crippen LogP contribution in [0.4, 0.5) is 5.69 Å². The standard InChI is InChI=1S/C44H52N2/c1-3-4-5-9-19-35-31-40-39-22-12-7-13-23-42(39)46(38-21-16-20-34(30-38)33-17-10-6-11-18-33)43(40)32-41(35)45-37-26-24-36(25-27-37)44(2)28-14-8-15-29-44/h5,7-10,12,14,16-18,20-21,24-27,31-32,35,38,41,45H,3-4,6,11,13,15,19,22-23,28-30H2,1-2H3/b9-5-. The maximum atomic E-state index is 4.03. The highest BCUT2D eigenvalue weighted by Gasteiger charge is 2.29. The van der Waals surface area contributed by atoms with Crippen LogP contribution in [0.1, 0.15) is 101 Å². The molecule has 1 N–H and O–H groups in total. The van der Waals surface area contributed by atoms with Crippen molar-refractivity contribution < 1.29 is 0 Å². The lowest BCUT2D eigenvalue weighted by Gasteiger charge is -2.32. The Kier molecular flexibility index (Phi) is 9.33. The number of hydrogen-bond donors (Lipinski definition) is 1. The summed E-state index contributed by atoms with van der Waals surface area (Å²) in [6.45, 7) is 4.69. The molecule has 0 saturated carbocycles. The maximum absolute atomic E-state index is 4.03. The summed E-state index contributed by atoms with van der Waals surface area (Å²) in [6, 6.07) is 9.99. The van der Waals surface area contributed by atoms with Crippen molar-refractivity contribution in [1.29, 1.82) is 0 Å². The number of unbranched alkanes of at least 4 members (excludes halogenated alkanes) is 1. The first-order valence-electron chi connectivity index (χ1n) is 18.1. The van der Waals surface area contributed by atoms with E-state index in [1.807, 2.05) is 0 Å². The van der Waals surface area contributed by atoms with E-state index in [1.165, 1.54) is 52.2 Å². The largest absolute Gasteiger partial charge is 0.378 e. The van der Waals surface area contributed by atoms with E-state index in [1.54, 1.807) is 11.3 Å². The zero-order chi connectivity index (χ0) is 31.3. The van der Waals surface area contributed by atoms with E-state index in [0.717, 1.165) is 57.8 Å². The van der Waals surface area contributed by atoms with E-state index in [-0.39, 0.29) is 11.5 Å². The van der Waals surface area contributed by atoms with Crippen molar-refractivity contribution in [2.75, 3.05) is 5.32 Å². The molecule has 0 bridgehead atoms. The second-order valence-corrected chi connectivity index (χ2v) is 14.3. The molecule has 0 saturated heterocycles. The number of aromatic nitrogens is 1. The highest BCUT2D eigenvalue weighted by molar-refractivity contribution is 5.58. The molecular weight excluding hydrogens is 556 g/mol. The van der Waals surface area contributed by atoms with Gasteiger partial charge in [-0.1, -0.05) is 111 Å². The van der Waals surface area contributed by atoms with Gasteiger partial charge in [0.2, 0.25) is 0 Å². The zero-order valence-electron chi connectivity index (χ0n) is 28.1. The minimum absolute atomic E-state index is 0.234. The first-order valence-corrected chi connectivity index (χ1v) is 18.1. The van der Waals surface area contributed by atoms with Crippen LogP contribution < -0.4 is 15.9 Å². The van der Waals surface area contributed by atoms with Crippen LogP contribution in [0.2, 0.25) is 0 Å². The van der Waals surface area contributed by atoms with Gasteiger partial charge in [-0.3, -0.25) is 0 Å². The molecule has 2 heteroatoms. The average Bonchev–Trinajstić information content (AvgIpc) is 3.21. The van der Waals surface area contributed by atoms with E-state index in [4.69, 9.17) is 0 Å². The molecule has 1 aromatic carbocycles. The summed E-state index contributed by atoms with van der Waals surface area (Å²) < 4.78 is 2.74. The van der Waals surface area contributed by atoms with Gasteiger partial charge in [0.05, 0.1) is 12.1 Å². The third kappa shape index (κ3) is 6.41. The number of rotatable bonds is 9. The Hall–Kier alpha value is -3.78. The molecule has 0 radical (unpaired) electrons. The third-order valence-corrected chi connectivity index (χ3v) is 11.0. The smallest absolute Gasteiger partial charge is 0.0562 e. The lowest BCUT2D eigenvalue weighted by atomic mass is 9.73. The minimum Gasteiger partial charge on any atom is -0.378 e. The Bertz CT molecular complexity index is 1750. The highest BCUT2D eigenvalue weighted by atomic mass is 15.0. The molecule has 5 aliphatic carbocycles. The number of nitrogens with zero attached hydrogens (tertiary/aromatic N) is 1. The number of fused-ring (bicyclic) bond motifs is 3. The van der Waals surface area contributed by atoms with Gasteiger partial charge >= 0.3 is 0 Å². The molecule has 5 aliphatic rings. The molecule has 46 heavy (non-hydrogen) atoms. The van der Waals surface area contributed by atoms with Crippen molar-refractivity contribution in [2.24, 2.45) is 5.92 Å². The average molecular weight is 609 g/mol. The molecule has 2 aromatic rings. The summed E-state index contributed by atoms with van der Waals surface area (Å²) in [7, 11) is 0. The lowest BCUT2D eigenvalue weighted by molar-refractivity contribution is 0.428. The summed E-state index contributed by atoms with van der Waals surface area (Å²) >= 11 is 0. The maximum Gasteiger partial charge on any atom is 0.0562 e. The summed E-state index contributed by atoms with van der Waals surface area (Å²) in [5, 5.41) is 6.94. The quantitative estimate of drug-likeness (QED) is 0.281. The molecule has 4 unspecified atom stereocenters. The molecule has 2 nitrogen and oxygen atoms in total. The van der Waals surface area contributed by atoms with Crippen molar-refractivity contribution >= 4 is 17.8 Å². The molecule has 1 heterocycles. The van der Waals surface area contributed by atoms with E-state index < -0.39 is 0 Å².